The lowest BCUT2D eigenvalue weighted by atomic mass is 10.1. The third-order valence-corrected chi connectivity index (χ3v) is 5.74. The van der Waals surface area contributed by atoms with Crippen molar-refractivity contribution in [2.45, 2.75) is 29.7 Å². The van der Waals surface area contributed by atoms with Crippen molar-refractivity contribution in [2.75, 3.05) is 13.3 Å². The van der Waals surface area contributed by atoms with Crippen LogP contribution in [0.25, 0.3) is 0 Å². The zero-order valence-electron chi connectivity index (χ0n) is 12.0. The fourth-order valence-electron chi connectivity index (χ4n) is 2.30. The summed E-state index contributed by atoms with van der Waals surface area (Å²) in [5.41, 5.74) is 0.907. The Morgan fingerprint density at radius 2 is 2.00 bits per heavy atom. The van der Waals surface area contributed by atoms with Gasteiger partial charge in [0.2, 0.25) is 0 Å². The van der Waals surface area contributed by atoms with Crippen LogP contribution in [0.5, 0.6) is 0 Å². The van der Waals surface area contributed by atoms with Crippen LogP contribution in [0.3, 0.4) is 0 Å². The summed E-state index contributed by atoms with van der Waals surface area (Å²) in [5, 5.41) is 12.5. The minimum absolute atomic E-state index is 0.219. The zero-order valence-corrected chi connectivity index (χ0v) is 14.4. The largest absolute Gasteiger partial charge is 0.622 e. The molecule has 0 bridgehead atoms. The molecule has 0 radical (unpaired) electrons. The average molecular weight is 327 g/mol. The van der Waals surface area contributed by atoms with E-state index in [9.17, 15) is 5.21 Å². The summed E-state index contributed by atoms with van der Waals surface area (Å²) in [5.74, 6) is 0. The lowest BCUT2D eigenvalue weighted by Gasteiger charge is -2.27. The van der Waals surface area contributed by atoms with Gasteiger partial charge in [-0.15, -0.1) is 11.8 Å². The first-order chi connectivity index (χ1) is 9.35. The van der Waals surface area contributed by atoms with E-state index in [1.54, 1.807) is 29.7 Å². The van der Waals surface area contributed by atoms with E-state index in [1.165, 1.54) is 4.90 Å². The maximum Gasteiger partial charge on any atom is 0.254 e. The molecule has 0 N–H and O–H groups in total. The molecule has 0 saturated carbocycles. The molecule has 1 atom stereocenters. The van der Waals surface area contributed by atoms with Crippen LogP contribution in [-0.4, -0.2) is 44.4 Å². The first kappa shape index (κ1) is 15.7. The highest BCUT2D eigenvalue weighted by Crippen LogP contribution is 2.40. The van der Waals surface area contributed by atoms with Gasteiger partial charge < -0.3 is 10.1 Å². The SMILES string of the molecule is CSc1ccc(C=[N+]([O-])[C@@H]2N(C)C(=S)SC2(C)C)cc1. The molecule has 0 spiro atoms. The van der Waals surface area contributed by atoms with Crippen molar-refractivity contribution in [3.8, 4) is 0 Å². The van der Waals surface area contributed by atoms with Gasteiger partial charge in [0, 0.05) is 17.5 Å². The van der Waals surface area contributed by atoms with E-state index in [-0.39, 0.29) is 10.9 Å². The van der Waals surface area contributed by atoms with Gasteiger partial charge >= 0.3 is 0 Å². The van der Waals surface area contributed by atoms with Crippen molar-refractivity contribution in [3.63, 3.8) is 0 Å². The maximum absolute atomic E-state index is 12.5. The van der Waals surface area contributed by atoms with Gasteiger partial charge in [0.25, 0.3) is 6.17 Å². The first-order valence-electron chi connectivity index (χ1n) is 6.25. The summed E-state index contributed by atoms with van der Waals surface area (Å²) in [4.78, 5) is 3.06. The Balaban J connectivity index is 2.27. The highest BCUT2D eigenvalue weighted by molar-refractivity contribution is 8.24. The summed E-state index contributed by atoms with van der Waals surface area (Å²) in [6.45, 7) is 4.10. The minimum atomic E-state index is -0.278. The molecule has 20 heavy (non-hydrogen) atoms. The summed E-state index contributed by atoms with van der Waals surface area (Å²) in [6, 6.07) is 7.97. The van der Waals surface area contributed by atoms with Crippen LogP contribution >= 0.6 is 35.7 Å². The van der Waals surface area contributed by atoms with Gasteiger partial charge in [-0.2, -0.15) is 4.74 Å². The highest BCUT2D eigenvalue weighted by atomic mass is 32.2. The van der Waals surface area contributed by atoms with Crippen LogP contribution in [-0.2, 0) is 0 Å². The van der Waals surface area contributed by atoms with Gasteiger partial charge in [0.1, 0.15) is 9.07 Å². The lowest BCUT2D eigenvalue weighted by molar-refractivity contribution is -0.522. The monoisotopic (exact) mass is 326 g/mol. The predicted octanol–water partition coefficient (Wildman–Crippen LogP) is 3.41. The molecule has 0 amide bonds. The number of benzene rings is 1. The Labute approximate surface area is 134 Å². The fourth-order valence-corrected chi connectivity index (χ4v) is 4.51. The van der Waals surface area contributed by atoms with Crippen molar-refractivity contribution in [1.82, 2.24) is 4.90 Å². The van der Waals surface area contributed by atoms with Gasteiger partial charge in [-0.25, -0.2) is 0 Å². The molecule has 3 nitrogen and oxygen atoms in total. The molecule has 2 rings (SSSR count). The predicted molar refractivity (Wildman–Crippen MR) is 92.8 cm³/mol. The second-order valence-electron chi connectivity index (χ2n) is 5.22. The van der Waals surface area contributed by atoms with E-state index in [0.717, 1.165) is 14.6 Å². The molecular formula is C14H18N2OS3. The third kappa shape index (κ3) is 3.13. The van der Waals surface area contributed by atoms with Crippen LogP contribution in [0.1, 0.15) is 19.4 Å². The van der Waals surface area contributed by atoms with Crippen LogP contribution in [0.4, 0.5) is 0 Å². The third-order valence-electron chi connectivity index (χ3n) is 3.26. The summed E-state index contributed by atoms with van der Waals surface area (Å²) >= 11 is 8.56. The standard InChI is InChI=1S/C14H18N2OS3/c1-14(2)12(15(3)13(18)20-14)16(17)9-10-5-7-11(19-4)8-6-10/h5-9,12H,1-4H3/t12-/m0/s1. The Hall–Kier alpha value is -0.720. The highest BCUT2D eigenvalue weighted by Gasteiger charge is 2.48. The van der Waals surface area contributed by atoms with E-state index in [4.69, 9.17) is 12.2 Å². The van der Waals surface area contributed by atoms with Gasteiger partial charge in [-0.3, -0.25) is 0 Å². The number of thiocarbonyl (C=S) groups is 1. The van der Waals surface area contributed by atoms with Gasteiger partial charge in [-0.1, -0.05) is 24.0 Å². The molecule has 108 valence electrons. The number of hydrogen-bond acceptors (Lipinski definition) is 4. The van der Waals surface area contributed by atoms with Crippen LogP contribution in [0, 0.1) is 5.21 Å². The molecule has 1 aromatic rings. The molecule has 1 aliphatic rings. The average Bonchev–Trinajstić information content (AvgIpc) is 2.59. The Morgan fingerprint density at radius 3 is 2.45 bits per heavy atom. The van der Waals surface area contributed by atoms with Gasteiger partial charge in [0.05, 0.1) is 0 Å². The lowest BCUT2D eigenvalue weighted by Crippen LogP contribution is -2.46. The molecule has 1 fully saturated rings. The molecule has 0 aromatic heterocycles. The second kappa shape index (κ2) is 5.95. The summed E-state index contributed by atoms with van der Waals surface area (Å²) < 4.78 is 1.57. The molecule has 1 heterocycles. The number of thioether (sulfide) groups is 2. The number of hydrogen-bond donors (Lipinski definition) is 0. The van der Waals surface area contributed by atoms with Crippen LogP contribution < -0.4 is 0 Å². The first-order valence-corrected chi connectivity index (χ1v) is 8.70. The molecular weight excluding hydrogens is 308 g/mol. The maximum atomic E-state index is 12.5. The van der Waals surface area contributed by atoms with E-state index in [2.05, 4.69) is 0 Å². The van der Waals surface area contributed by atoms with E-state index >= 15 is 0 Å². The van der Waals surface area contributed by atoms with Crippen LogP contribution in [0.2, 0.25) is 0 Å². The fraction of sp³-hybridized carbons (Fsp3) is 0.429. The number of nitrogens with zero attached hydrogens (tertiary/aromatic N) is 2. The molecule has 0 unspecified atom stereocenters. The molecule has 1 saturated heterocycles. The molecule has 0 aliphatic carbocycles. The quantitative estimate of drug-likeness (QED) is 0.212. The number of hydroxylamine groups is 1. The van der Waals surface area contributed by atoms with E-state index in [1.807, 2.05) is 56.3 Å². The van der Waals surface area contributed by atoms with Crippen LogP contribution in [0.15, 0.2) is 29.2 Å². The topological polar surface area (TPSA) is 29.3 Å². The van der Waals surface area contributed by atoms with Crippen molar-refractivity contribution in [3.05, 3.63) is 35.0 Å². The second-order valence-corrected chi connectivity index (χ2v) is 8.39. The molecule has 1 aliphatic heterocycles. The normalized spacial score (nSPS) is 22.4. The van der Waals surface area contributed by atoms with Gasteiger partial charge in [-0.05, 0) is 44.4 Å². The summed E-state index contributed by atoms with van der Waals surface area (Å²) in [7, 11) is 1.88. The Kier molecular flexibility index (Phi) is 4.66. The van der Waals surface area contributed by atoms with Crippen molar-refractivity contribution in [2.24, 2.45) is 0 Å². The smallest absolute Gasteiger partial charge is 0.254 e. The van der Waals surface area contributed by atoms with Crippen molar-refractivity contribution < 1.29 is 4.74 Å². The Bertz CT molecular complexity index is 540. The van der Waals surface area contributed by atoms with Crippen molar-refractivity contribution >= 4 is 46.3 Å². The summed E-state index contributed by atoms with van der Waals surface area (Å²) in [6.07, 6.45) is 3.40. The van der Waals surface area contributed by atoms with E-state index < -0.39 is 0 Å². The zero-order chi connectivity index (χ0) is 14.9. The number of rotatable bonds is 3. The molecule has 1 aromatic carbocycles. The minimum Gasteiger partial charge on any atom is -0.622 e. The molecule has 6 heteroatoms. The van der Waals surface area contributed by atoms with Gasteiger partial charge in [0.15, 0.2) is 6.21 Å². The van der Waals surface area contributed by atoms with E-state index in [0.29, 0.717) is 0 Å². The Morgan fingerprint density at radius 1 is 1.40 bits per heavy atom. The van der Waals surface area contributed by atoms with Crippen molar-refractivity contribution in [1.29, 1.82) is 0 Å².